The summed E-state index contributed by atoms with van der Waals surface area (Å²) < 4.78 is 2.74. The molecule has 1 aromatic carbocycles. The van der Waals surface area contributed by atoms with Crippen LogP contribution in [0.3, 0.4) is 0 Å². The van der Waals surface area contributed by atoms with E-state index in [0.29, 0.717) is 12.4 Å². The van der Waals surface area contributed by atoms with Gasteiger partial charge in [-0.05, 0) is 51.8 Å². The predicted molar refractivity (Wildman–Crippen MR) is 80.9 cm³/mol. The van der Waals surface area contributed by atoms with E-state index in [9.17, 15) is 0 Å². The van der Waals surface area contributed by atoms with Crippen molar-refractivity contribution in [2.24, 2.45) is 0 Å². The molecule has 0 saturated heterocycles. The minimum Gasteiger partial charge on any atom is -0.399 e. The lowest BCUT2D eigenvalue weighted by Crippen LogP contribution is -2.00. The van der Waals surface area contributed by atoms with Crippen LogP contribution in [0.5, 0.6) is 0 Å². The number of nitrogens with two attached hydrogens (primary N) is 1. The van der Waals surface area contributed by atoms with Gasteiger partial charge < -0.3 is 5.73 Å². The van der Waals surface area contributed by atoms with Crippen LogP contribution in [0.2, 0.25) is 0 Å². The molecule has 0 unspecified atom stereocenters. The molecular formula is C14H12BrN5. The molecule has 3 aromatic rings. The van der Waals surface area contributed by atoms with Crippen LogP contribution in [-0.2, 0) is 6.54 Å². The second-order valence-corrected chi connectivity index (χ2v) is 5.31. The van der Waals surface area contributed by atoms with Crippen LogP contribution < -0.4 is 5.73 Å². The van der Waals surface area contributed by atoms with Crippen LogP contribution in [0.1, 0.15) is 5.56 Å². The minimum absolute atomic E-state index is 0.633. The number of halogens is 1. The molecule has 6 heteroatoms. The third kappa shape index (κ3) is 2.85. The lowest BCUT2D eigenvalue weighted by Gasteiger charge is -2.01. The molecule has 3 rings (SSSR count). The number of pyridine rings is 1. The average molecular weight is 330 g/mol. The molecule has 0 radical (unpaired) electrons. The minimum atomic E-state index is 0.633. The summed E-state index contributed by atoms with van der Waals surface area (Å²) >= 11 is 3.40. The Bertz CT molecular complexity index is 720. The summed E-state index contributed by atoms with van der Waals surface area (Å²) in [5, 5.41) is 4.46. The Morgan fingerprint density at radius 3 is 2.70 bits per heavy atom. The number of hydrogen-bond donors (Lipinski definition) is 1. The van der Waals surface area contributed by atoms with E-state index in [1.54, 1.807) is 17.2 Å². The first-order valence-corrected chi connectivity index (χ1v) is 6.85. The van der Waals surface area contributed by atoms with E-state index >= 15 is 0 Å². The Labute approximate surface area is 124 Å². The van der Waals surface area contributed by atoms with E-state index in [-0.39, 0.29) is 0 Å². The van der Waals surface area contributed by atoms with Gasteiger partial charge in [0.25, 0.3) is 0 Å². The molecule has 5 nitrogen and oxygen atoms in total. The van der Waals surface area contributed by atoms with Crippen LogP contribution in [0.25, 0.3) is 11.4 Å². The molecule has 0 aliphatic carbocycles. The van der Waals surface area contributed by atoms with Gasteiger partial charge in [0, 0.05) is 28.1 Å². The van der Waals surface area contributed by atoms with Crippen molar-refractivity contribution in [3.05, 3.63) is 59.1 Å². The largest absolute Gasteiger partial charge is 0.399 e. The van der Waals surface area contributed by atoms with Crippen LogP contribution in [-0.4, -0.2) is 19.7 Å². The topological polar surface area (TPSA) is 69.6 Å². The Kier molecular flexibility index (Phi) is 3.47. The van der Waals surface area contributed by atoms with Gasteiger partial charge in [-0.25, -0.2) is 9.67 Å². The Balaban J connectivity index is 1.82. The van der Waals surface area contributed by atoms with Gasteiger partial charge >= 0.3 is 0 Å². The quantitative estimate of drug-likeness (QED) is 0.750. The number of nitrogen functional groups attached to an aromatic ring is 1. The average Bonchev–Trinajstić information content (AvgIpc) is 2.88. The van der Waals surface area contributed by atoms with Gasteiger partial charge in [0.2, 0.25) is 0 Å². The van der Waals surface area contributed by atoms with Crippen molar-refractivity contribution < 1.29 is 0 Å². The van der Waals surface area contributed by atoms with E-state index in [0.717, 1.165) is 21.3 Å². The van der Waals surface area contributed by atoms with Gasteiger partial charge in [0.05, 0.1) is 6.54 Å². The highest BCUT2D eigenvalue weighted by Gasteiger charge is 2.05. The highest BCUT2D eigenvalue weighted by atomic mass is 79.9. The molecule has 2 aromatic heterocycles. The molecule has 100 valence electrons. The number of aromatic nitrogens is 4. The zero-order chi connectivity index (χ0) is 13.9. The molecule has 0 saturated carbocycles. The van der Waals surface area contributed by atoms with Crippen molar-refractivity contribution in [1.29, 1.82) is 0 Å². The van der Waals surface area contributed by atoms with Crippen molar-refractivity contribution >= 4 is 21.6 Å². The molecule has 0 bridgehead atoms. The van der Waals surface area contributed by atoms with E-state index in [1.807, 2.05) is 36.5 Å². The summed E-state index contributed by atoms with van der Waals surface area (Å²) in [6, 6.07) is 9.52. The van der Waals surface area contributed by atoms with Crippen molar-refractivity contribution in [3.8, 4) is 11.4 Å². The fourth-order valence-corrected chi connectivity index (χ4v) is 2.28. The van der Waals surface area contributed by atoms with E-state index < -0.39 is 0 Å². The molecule has 0 fully saturated rings. The first-order chi connectivity index (χ1) is 9.70. The fourth-order valence-electron chi connectivity index (χ4n) is 1.86. The Hall–Kier alpha value is -2.21. The fraction of sp³-hybridized carbons (Fsp3) is 0.0714. The van der Waals surface area contributed by atoms with Crippen molar-refractivity contribution in [2.75, 3.05) is 5.73 Å². The first-order valence-electron chi connectivity index (χ1n) is 6.05. The zero-order valence-electron chi connectivity index (χ0n) is 10.6. The highest BCUT2D eigenvalue weighted by molar-refractivity contribution is 9.10. The second kappa shape index (κ2) is 5.42. The summed E-state index contributed by atoms with van der Waals surface area (Å²) in [7, 11) is 0. The monoisotopic (exact) mass is 329 g/mol. The van der Waals surface area contributed by atoms with Crippen molar-refractivity contribution in [3.63, 3.8) is 0 Å². The number of rotatable bonds is 3. The molecule has 2 N–H and O–H groups in total. The van der Waals surface area contributed by atoms with Crippen molar-refractivity contribution in [2.45, 2.75) is 6.54 Å². The van der Waals surface area contributed by atoms with Crippen molar-refractivity contribution in [1.82, 2.24) is 19.7 Å². The maximum absolute atomic E-state index is 5.67. The normalized spacial score (nSPS) is 10.7. The zero-order valence-corrected chi connectivity index (χ0v) is 12.2. The first kappa shape index (κ1) is 12.8. The molecular weight excluding hydrogens is 318 g/mol. The Morgan fingerprint density at radius 1 is 1.15 bits per heavy atom. The van der Waals surface area contributed by atoms with Gasteiger partial charge in [-0.1, -0.05) is 0 Å². The van der Waals surface area contributed by atoms with Crippen LogP contribution in [0, 0.1) is 0 Å². The molecule has 0 spiro atoms. The van der Waals surface area contributed by atoms with Crippen LogP contribution in [0.4, 0.5) is 5.69 Å². The molecule has 0 amide bonds. The molecule has 2 heterocycles. The van der Waals surface area contributed by atoms with Gasteiger partial charge in [0.1, 0.15) is 6.33 Å². The number of hydrogen-bond acceptors (Lipinski definition) is 4. The van der Waals surface area contributed by atoms with E-state index in [2.05, 4.69) is 31.0 Å². The lowest BCUT2D eigenvalue weighted by atomic mass is 10.2. The number of benzene rings is 1. The van der Waals surface area contributed by atoms with Crippen LogP contribution in [0.15, 0.2) is 53.5 Å². The molecule has 0 atom stereocenters. The summed E-state index contributed by atoms with van der Waals surface area (Å²) in [5.74, 6) is 0.688. The number of nitrogens with zero attached hydrogens (tertiary/aromatic N) is 4. The SMILES string of the molecule is Nc1ccc(-c2ncn(Cc3cncc(Br)c3)n2)cc1. The standard InChI is InChI=1S/C14H12BrN5/c15-12-5-10(6-17-7-12)8-20-9-18-14(19-20)11-1-3-13(16)4-2-11/h1-7,9H,8,16H2. The third-order valence-corrected chi connectivity index (χ3v) is 3.25. The van der Waals surface area contributed by atoms with Crippen LogP contribution >= 0.6 is 15.9 Å². The van der Waals surface area contributed by atoms with E-state index in [4.69, 9.17) is 5.73 Å². The smallest absolute Gasteiger partial charge is 0.181 e. The third-order valence-electron chi connectivity index (χ3n) is 2.81. The maximum atomic E-state index is 5.67. The van der Waals surface area contributed by atoms with Gasteiger partial charge in [-0.3, -0.25) is 4.98 Å². The van der Waals surface area contributed by atoms with Gasteiger partial charge in [-0.15, -0.1) is 0 Å². The summed E-state index contributed by atoms with van der Waals surface area (Å²) in [6.45, 7) is 0.633. The summed E-state index contributed by atoms with van der Waals surface area (Å²) in [4.78, 5) is 8.45. The predicted octanol–water partition coefficient (Wildman–Crippen LogP) is 2.73. The van der Waals surface area contributed by atoms with Gasteiger partial charge in [0.15, 0.2) is 5.82 Å². The molecule has 0 aliphatic heterocycles. The maximum Gasteiger partial charge on any atom is 0.181 e. The van der Waals surface area contributed by atoms with Gasteiger partial charge in [-0.2, -0.15) is 5.10 Å². The summed E-state index contributed by atoms with van der Waals surface area (Å²) in [6.07, 6.45) is 5.28. The summed E-state index contributed by atoms with van der Waals surface area (Å²) in [5.41, 5.74) is 8.41. The molecule has 20 heavy (non-hydrogen) atoms. The van der Waals surface area contributed by atoms with E-state index in [1.165, 1.54) is 0 Å². The second-order valence-electron chi connectivity index (χ2n) is 4.40. The number of anilines is 1. The lowest BCUT2D eigenvalue weighted by molar-refractivity contribution is 0.684. The highest BCUT2D eigenvalue weighted by Crippen LogP contribution is 2.16. The molecule has 0 aliphatic rings. The Morgan fingerprint density at radius 2 is 1.95 bits per heavy atom.